The lowest BCUT2D eigenvalue weighted by Gasteiger charge is -2.40. The van der Waals surface area contributed by atoms with Crippen LogP contribution in [0, 0.1) is 5.92 Å². The van der Waals surface area contributed by atoms with Crippen molar-refractivity contribution in [3.05, 3.63) is 34.9 Å². The Morgan fingerprint density at radius 2 is 2.03 bits per heavy atom. The Labute approximate surface area is 186 Å². The highest BCUT2D eigenvalue weighted by atomic mass is 16.5. The monoisotopic (exact) mass is 446 g/mol. The first kappa shape index (κ1) is 22.6. The van der Waals surface area contributed by atoms with Gasteiger partial charge in [-0.05, 0) is 42.5 Å². The maximum atomic E-state index is 13.1. The first-order valence-corrected chi connectivity index (χ1v) is 10.9. The zero-order valence-electron chi connectivity index (χ0n) is 18.3. The van der Waals surface area contributed by atoms with Gasteiger partial charge in [0.15, 0.2) is 11.5 Å². The van der Waals surface area contributed by atoms with Crippen molar-refractivity contribution in [1.82, 2.24) is 10.2 Å². The number of ether oxygens (including phenoxy) is 2. The topological polar surface area (TPSA) is 129 Å². The average molecular weight is 447 g/mol. The van der Waals surface area contributed by atoms with Crippen LogP contribution in [-0.4, -0.2) is 77.1 Å². The van der Waals surface area contributed by atoms with E-state index in [0.29, 0.717) is 40.7 Å². The molecule has 2 aliphatic carbocycles. The van der Waals surface area contributed by atoms with Crippen LogP contribution in [0.15, 0.2) is 23.8 Å². The summed E-state index contributed by atoms with van der Waals surface area (Å²) in [5.74, 6) is 0.0352. The number of aliphatic hydroxyl groups excluding tert-OH is 3. The summed E-state index contributed by atoms with van der Waals surface area (Å²) in [7, 11) is 1.49. The molecule has 1 aromatic rings. The molecule has 4 atom stereocenters. The molecule has 9 nitrogen and oxygen atoms in total. The quantitative estimate of drug-likeness (QED) is 0.445. The molecule has 1 saturated carbocycles. The summed E-state index contributed by atoms with van der Waals surface area (Å²) in [5.41, 5.74) is 1.59. The molecule has 0 spiro atoms. The van der Waals surface area contributed by atoms with Gasteiger partial charge in [-0.3, -0.25) is 9.59 Å². The lowest BCUT2D eigenvalue weighted by Crippen LogP contribution is -2.55. The van der Waals surface area contributed by atoms with Crippen molar-refractivity contribution in [3.8, 4) is 11.5 Å². The highest BCUT2D eigenvalue weighted by molar-refractivity contribution is 5.96. The molecule has 0 aromatic heterocycles. The van der Waals surface area contributed by atoms with Gasteiger partial charge in [0.05, 0.1) is 32.3 Å². The molecular formula is C23H30N2O7. The first-order valence-electron chi connectivity index (χ1n) is 10.9. The SMILES string of the molecule is COc1cc(CO)cc2c1O[C@@H]1[C@@H](O)[C@H](N(CC3CC3)C(C)=O)C=C(C(=O)NCCO)[C@H]21. The minimum Gasteiger partial charge on any atom is -0.493 e. The number of rotatable bonds is 8. The number of aliphatic hydroxyl groups is 3. The van der Waals surface area contributed by atoms with E-state index in [-0.39, 0.29) is 25.7 Å². The molecule has 1 aliphatic heterocycles. The zero-order valence-corrected chi connectivity index (χ0v) is 18.3. The Bertz CT molecular complexity index is 927. The molecule has 174 valence electrons. The largest absolute Gasteiger partial charge is 0.493 e. The second-order valence-corrected chi connectivity index (χ2v) is 8.63. The van der Waals surface area contributed by atoms with Crippen molar-refractivity contribution < 1.29 is 34.4 Å². The third-order valence-electron chi connectivity index (χ3n) is 6.41. The number of nitrogens with one attached hydrogen (secondary N) is 1. The van der Waals surface area contributed by atoms with E-state index in [1.807, 2.05) is 0 Å². The number of carbonyl (C=O) groups is 2. The third-order valence-corrected chi connectivity index (χ3v) is 6.41. The van der Waals surface area contributed by atoms with Crippen molar-refractivity contribution in [2.24, 2.45) is 5.92 Å². The second-order valence-electron chi connectivity index (χ2n) is 8.63. The summed E-state index contributed by atoms with van der Waals surface area (Å²) in [6.07, 6.45) is 1.86. The van der Waals surface area contributed by atoms with Gasteiger partial charge < -0.3 is 35.0 Å². The fraction of sp³-hybridized carbons (Fsp3) is 0.565. The van der Waals surface area contributed by atoms with Gasteiger partial charge in [0.2, 0.25) is 11.8 Å². The maximum absolute atomic E-state index is 13.1. The molecule has 0 unspecified atom stereocenters. The molecule has 1 aromatic carbocycles. The number of methoxy groups -OCH3 is 1. The minimum atomic E-state index is -1.06. The number of hydrogen-bond acceptors (Lipinski definition) is 7. The summed E-state index contributed by atoms with van der Waals surface area (Å²) in [5, 5.41) is 32.8. The van der Waals surface area contributed by atoms with E-state index in [1.54, 1.807) is 23.1 Å². The van der Waals surface area contributed by atoms with Gasteiger partial charge in [-0.15, -0.1) is 0 Å². The highest BCUT2D eigenvalue weighted by Crippen LogP contribution is 2.51. The van der Waals surface area contributed by atoms with Crippen molar-refractivity contribution >= 4 is 11.8 Å². The number of hydrogen-bond donors (Lipinski definition) is 4. The molecule has 9 heteroatoms. The molecule has 4 N–H and O–H groups in total. The number of carbonyl (C=O) groups excluding carboxylic acids is 2. The van der Waals surface area contributed by atoms with Crippen molar-refractivity contribution in [1.29, 1.82) is 0 Å². The number of fused-ring (bicyclic) bond motifs is 3. The molecule has 2 amide bonds. The minimum absolute atomic E-state index is 0.0764. The van der Waals surface area contributed by atoms with Crippen LogP contribution >= 0.6 is 0 Å². The van der Waals surface area contributed by atoms with Crippen molar-refractivity contribution in [2.45, 2.75) is 50.5 Å². The molecule has 1 heterocycles. The van der Waals surface area contributed by atoms with Crippen LogP contribution in [0.1, 0.15) is 36.8 Å². The van der Waals surface area contributed by atoms with Gasteiger partial charge in [-0.2, -0.15) is 0 Å². The fourth-order valence-electron chi connectivity index (χ4n) is 4.66. The lowest BCUT2D eigenvalue weighted by atomic mass is 9.77. The van der Waals surface area contributed by atoms with E-state index in [0.717, 1.165) is 12.8 Å². The van der Waals surface area contributed by atoms with Gasteiger partial charge in [0.25, 0.3) is 0 Å². The molecule has 0 saturated heterocycles. The van der Waals surface area contributed by atoms with E-state index >= 15 is 0 Å². The number of amides is 2. The Hall–Kier alpha value is -2.62. The van der Waals surface area contributed by atoms with Crippen LogP contribution < -0.4 is 14.8 Å². The Kier molecular flexibility index (Phi) is 6.41. The molecule has 4 rings (SSSR count). The summed E-state index contributed by atoms with van der Waals surface area (Å²) in [4.78, 5) is 27.2. The van der Waals surface area contributed by atoms with Gasteiger partial charge in [-0.1, -0.05) is 0 Å². The maximum Gasteiger partial charge on any atom is 0.247 e. The number of nitrogens with zero attached hydrogens (tertiary/aromatic N) is 1. The molecule has 0 bridgehead atoms. The van der Waals surface area contributed by atoms with Crippen LogP contribution in [0.2, 0.25) is 0 Å². The van der Waals surface area contributed by atoms with Crippen LogP contribution in [0.4, 0.5) is 0 Å². The van der Waals surface area contributed by atoms with Crippen LogP contribution in [-0.2, 0) is 16.2 Å². The average Bonchev–Trinajstić information content (AvgIpc) is 3.53. The van der Waals surface area contributed by atoms with Gasteiger partial charge >= 0.3 is 0 Å². The Morgan fingerprint density at radius 3 is 2.62 bits per heavy atom. The Morgan fingerprint density at radius 1 is 1.28 bits per heavy atom. The van der Waals surface area contributed by atoms with Gasteiger partial charge in [-0.25, -0.2) is 0 Å². The lowest BCUT2D eigenvalue weighted by molar-refractivity contribution is -0.135. The molecular weight excluding hydrogens is 416 g/mol. The summed E-state index contributed by atoms with van der Waals surface area (Å²) >= 11 is 0. The van der Waals surface area contributed by atoms with E-state index in [1.165, 1.54) is 14.0 Å². The van der Waals surface area contributed by atoms with Crippen LogP contribution in [0.25, 0.3) is 0 Å². The molecule has 32 heavy (non-hydrogen) atoms. The van der Waals surface area contributed by atoms with Gasteiger partial charge in [0.1, 0.15) is 12.2 Å². The summed E-state index contributed by atoms with van der Waals surface area (Å²) in [6.45, 7) is 1.62. The molecule has 0 radical (unpaired) electrons. The predicted octanol–water partition coefficient (Wildman–Crippen LogP) is 0.0686. The predicted molar refractivity (Wildman–Crippen MR) is 114 cm³/mol. The molecule has 1 fully saturated rings. The van der Waals surface area contributed by atoms with Crippen molar-refractivity contribution in [3.63, 3.8) is 0 Å². The van der Waals surface area contributed by atoms with Crippen LogP contribution in [0.5, 0.6) is 11.5 Å². The van der Waals surface area contributed by atoms with E-state index in [9.17, 15) is 19.8 Å². The smallest absolute Gasteiger partial charge is 0.247 e. The summed E-state index contributed by atoms with van der Waals surface area (Å²) < 4.78 is 11.6. The second kappa shape index (κ2) is 9.09. The third kappa shape index (κ3) is 4.07. The first-order chi connectivity index (χ1) is 15.4. The number of benzene rings is 1. The zero-order chi connectivity index (χ0) is 23.0. The Balaban J connectivity index is 1.79. The van der Waals surface area contributed by atoms with Crippen molar-refractivity contribution in [2.75, 3.05) is 26.8 Å². The van der Waals surface area contributed by atoms with E-state index in [2.05, 4.69) is 5.32 Å². The van der Waals surface area contributed by atoms with Crippen LogP contribution in [0.3, 0.4) is 0 Å². The fourth-order valence-corrected chi connectivity index (χ4v) is 4.66. The van der Waals surface area contributed by atoms with Gasteiger partial charge in [0, 0.05) is 31.1 Å². The normalized spacial score (nSPS) is 25.8. The standard InChI is InChI=1S/C23H30N2O7/c1-12(28)25(10-13-3-4-13)17-9-16(23(30)24-5-6-26)19-15-7-14(11-27)8-18(31-2)21(15)32-22(19)20(17)29/h7-9,13,17,19-20,22,26-27,29H,3-6,10-11H2,1-2H3,(H,24,30)/t17-,19+,20+,22+/m1/s1. The van der Waals surface area contributed by atoms with E-state index in [4.69, 9.17) is 14.6 Å². The molecule has 3 aliphatic rings. The van der Waals surface area contributed by atoms with E-state index < -0.39 is 30.1 Å². The summed E-state index contributed by atoms with van der Waals surface area (Å²) in [6, 6.07) is 2.68. The highest BCUT2D eigenvalue weighted by Gasteiger charge is 2.51.